The molecule has 2 saturated heterocycles. The highest BCUT2D eigenvalue weighted by molar-refractivity contribution is 5.90. The number of piperidine rings is 1. The maximum Gasteiger partial charge on any atom is 0.224 e. The van der Waals surface area contributed by atoms with Crippen molar-refractivity contribution in [2.75, 3.05) is 44.7 Å². The summed E-state index contributed by atoms with van der Waals surface area (Å²) in [5.74, 6) is 0.835. The Morgan fingerprint density at radius 3 is 2.65 bits per heavy atom. The second-order valence-electron chi connectivity index (χ2n) is 6.87. The van der Waals surface area contributed by atoms with E-state index in [0.29, 0.717) is 12.3 Å². The molecule has 2 aliphatic heterocycles. The first-order valence-electron chi connectivity index (χ1n) is 9.19. The number of halogens is 2. The summed E-state index contributed by atoms with van der Waals surface area (Å²) in [5, 5.41) is 6.43. The third-order valence-corrected chi connectivity index (χ3v) is 4.96. The molecule has 2 N–H and O–H groups in total. The van der Waals surface area contributed by atoms with E-state index in [-0.39, 0.29) is 30.7 Å². The molecule has 0 atom stereocenters. The lowest BCUT2D eigenvalue weighted by atomic mass is 9.93. The maximum absolute atomic E-state index is 12.2. The van der Waals surface area contributed by atoms with Crippen molar-refractivity contribution in [1.82, 2.24) is 10.2 Å². The fourth-order valence-electron chi connectivity index (χ4n) is 3.49. The predicted molar refractivity (Wildman–Crippen MR) is 110 cm³/mol. The van der Waals surface area contributed by atoms with Crippen LogP contribution in [0.15, 0.2) is 24.3 Å². The molecule has 148 valence electrons. The van der Waals surface area contributed by atoms with Crippen molar-refractivity contribution in [2.45, 2.75) is 32.2 Å². The van der Waals surface area contributed by atoms with Gasteiger partial charge in [-0.1, -0.05) is 12.1 Å². The van der Waals surface area contributed by atoms with Crippen molar-refractivity contribution in [3.8, 4) is 0 Å². The Morgan fingerprint density at radius 1 is 1.19 bits per heavy atom. The van der Waals surface area contributed by atoms with E-state index < -0.39 is 0 Å². The van der Waals surface area contributed by atoms with Gasteiger partial charge in [0.2, 0.25) is 5.91 Å². The van der Waals surface area contributed by atoms with Crippen molar-refractivity contribution in [3.63, 3.8) is 0 Å². The van der Waals surface area contributed by atoms with E-state index in [1.165, 1.54) is 18.4 Å². The lowest BCUT2D eigenvalue weighted by Crippen LogP contribution is -2.35. The Kier molecular flexibility index (Phi) is 11.2. The average Bonchev–Trinajstić information content (AvgIpc) is 2.62. The Morgan fingerprint density at radius 2 is 1.92 bits per heavy atom. The fraction of sp³-hybridized carbons (Fsp3) is 0.632. The molecule has 0 radical (unpaired) electrons. The molecule has 0 spiro atoms. The van der Waals surface area contributed by atoms with Crippen molar-refractivity contribution in [1.29, 1.82) is 0 Å². The molecule has 0 aliphatic carbocycles. The zero-order valence-corrected chi connectivity index (χ0v) is 16.9. The first kappa shape index (κ1) is 23.2. The molecule has 1 aromatic carbocycles. The van der Waals surface area contributed by atoms with Crippen molar-refractivity contribution in [2.24, 2.45) is 5.92 Å². The van der Waals surface area contributed by atoms with E-state index in [9.17, 15) is 4.79 Å². The van der Waals surface area contributed by atoms with Gasteiger partial charge in [0.25, 0.3) is 0 Å². The van der Waals surface area contributed by atoms with Crippen LogP contribution in [-0.2, 0) is 16.1 Å². The zero-order chi connectivity index (χ0) is 16.6. The zero-order valence-electron chi connectivity index (χ0n) is 15.2. The van der Waals surface area contributed by atoms with E-state index in [0.717, 1.165) is 58.0 Å². The van der Waals surface area contributed by atoms with Crippen LogP contribution in [0.4, 0.5) is 5.69 Å². The Balaban J connectivity index is 0.00000169. The number of morpholine rings is 1. The standard InChI is InChI=1S/C19H29N3O2.2ClH/c23-19(5-4-16-6-8-20-9-7-16)21-18-3-1-2-17(14-18)15-22-10-12-24-13-11-22;;/h1-3,14,16,20H,4-13,15H2,(H,21,23);2*1H. The number of nitrogens with zero attached hydrogens (tertiary/aromatic N) is 1. The summed E-state index contributed by atoms with van der Waals surface area (Å²) in [5.41, 5.74) is 2.16. The first-order chi connectivity index (χ1) is 11.8. The molecule has 2 heterocycles. The molecule has 1 amide bonds. The summed E-state index contributed by atoms with van der Waals surface area (Å²) < 4.78 is 5.39. The van der Waals surface area contributed by atoms with Crippen LogP contribution in [0.1, 0.15) is 31.2 Å². The Hall–Kier alpha value is -0.850. The first-order valence-corrected chi connectivity index (χ1v) is 9.19. The topological polar surface area (TPSA) is 53.6 Å². The van der Waals surface area contributed by atoms with Crippen molar-refractivity contribution in [3.05, 3.63) is 29.8 Å². The number of amides is 1. The predicted octanol–water partition coefficient (Wildman–Crippen LogP) is 3.08. The third kappa shape index (κ3) is 7.80. The van der Waals surface area contributed by atoms with Gasteiger partial charge in [-0.05, 0) is 56.0 Å². The van der Waals surface area contributed by atoms with Crippen LogP contribution in [0.5, 0.6) is 0 Å². The molecular weight excluding hydrogens is 373 g/mol. The lowest BCUT2D eigenvalue weighted by molar-refractivity contribution is -0.116. The molecule has 7 heteroatoms. The minimum absolute atomic E-state index is 0. The molecule has 0 bridgehead atoms. The van der Waals surface area contributed by atoms with Gasteiger partial charge in [-0.15, -0.1) is 24.8 Å². The second kappa shape index (κ2) is 12.5. The molecule has 1 aromatic rings. The number of carbonyl (C=O) groups excluding carboxylic acids is 1. The molecule has 0 unspecified atom stereocenters. The average molecular weight is 404 g/mol. The van der Waals surface area contributed by atoms with Crippen molar-refractivity contribution < 1.29 is 9.53 Å². The third-order valence-electron chi connectivity index (χ3n) is 4.96. The van der Waals surface area contributed by atoms with E-state index >= 15 is 0 Å². The van der Waals surface area contributed by atoms with Gasteiger partial charge in [0, 0.05) is 31.7 Å². The van der Waals surface area contributed by atoms with Gasteiger partial charge in [0.05, 0.1) is 13.2 Å². The minimum Gasteiger partial charge on any atom is -0.379 e. The van der Waals surface area contributed by atoms with Gasteiger partial charge < -0.3 is 15.4 Å². The second-order valence-corrected chi connectivity index (χ2v) is 6.87. The number of carbonyl (C=O) groups is 1. The summed E-state index contributed by atoms with van der Waals surface area (Å²) in [6.07, 6.45) is 4.02. The van der Waals surface area contributed by atoms with Crippen molar-refractivity contribution >= 4 is 36.4 Å². The number of ether oxygens (including phenoxy) is 1. The number of hydrogen-bond donors (Lipinski definition) is 2. The van der Waals surface area contributed by atoms with E-state index in [4.69, 9.17) is 4.74 Å². The van der Waals surface area contributed by atoms with Gasteiger partial charge in [0.1, 0.15) is 0 Å². The monoisotopic (exact) mass is 403 g/mol. The van der Waals surface area contributed by atoms with Gasteiger partial charge in [-0.25, -0.2) is 0 Å². The van der Waals surface area contributed by atoms with Gasteiger partial charge in [-0.3, -0.25) is 9.69 Å². The van der Waals surface area contributed by atoms with Gasteiger partial charge in [-0.2, -0.15) is 0 Å². The Labute approximate surface area is 169 Å². The largest absolute Gasteiger partial charge is 0.379 e. The molecule has 3 rings (SSSR count). The lowest BCUT2D eigenvalue weighted by Gasteiger charge is -2.26. The van der Waals surface area contributed by atoms with Crippen LogP contribution in [0.3, 0.4) is 0 Å². The summed E-state index contributed by atoms with van der Waals surface area (Å²) >= 11 is 0. The summed E-state index contributed by atoms with van der Waals surface area (Å²) in [4.78, 5) is 14.6. The van der Waals surface area contributed by atoms with E-state index in [1.807, 2.05) is 12.1 Å². The SMILES string of the molecule is Cl.Cl.O=C(CCC1CCNCC1)Nc1cccc(CN2CCOCC2)c1. The van der Waals surface area contributed by atoms with Crippen LogP contribution in [-0.4, -0.2) is 50.2 Å². The minimum atomic E-state index is 0. The summed E-state index contributed by atoms with van der Waals surface area (Å²) in [6, 6.07) is 8.22. The molecule has 2 aliphatic rings. The Bertz CT molecular complexity index is 533. The van der Waals surface area contributed by atoms with Crippen LogP contribution < -0.4 is 10.6 Å². The van der Waals surface area contributed by atoms with E-state index in [2.05, 4.69) is 27.7 Å². The molecule has 26 heavy (non-hydrogen) atoms. The summed E-state index contributed by atoms with van der Waals surface area (Å²) in [6.45, 7) is 6.69. The van der Waals surface area contributed by atoms with Crippen LogP contribution >= 0.6 is 24.8 Å². The number of nitrogens with one attached hydrogen (secondary N) is 2. The highest BCUT2D eigenvalue weighted by atomic mass is 35.5. The quantitative estimate of drug-likeness (QED) is 0.765. The highest BCUT2D eigenvalue weighted by Crippen LogP contribution is 2.19. The molecule has 0 aromatic heterocycles. The summed E-state index contributed by atoms with van der Waals surface area (Å²) in [7, 11) is 0. The molecular formula is C19H31Cl2N3O2. The highest BCUT2D eigenvalue weighted by Gasteiger charge is 2.15. The molecule has 5 nitrogen and oxygen atoms in total. The number of anilines is 1. The number of hydrogen-bond acceptors (Lipinski definition) is 4. The van der Waals surface area contributed by atoms with Crippen LogP contribution in [0, 0.1) is 5.92 Å². The van der Waals surface area contributed by atoms with Crippen LogP contribution in [0.25, 0.3) is 0 Å². The molecule has 2 fully saturated rings. The maximum atomic E-state index is 12.2. The fourth-order valence-corrected chi connectivity index (χ4v) is 3.49. The van der Waals surface area contributed by atoms with Crippen LogP contribution in [0.2, 0.25) is 0 Å². The van der Waals surface area contributed by atoms with Gasteiger partial charge in [0.15, 0.2) is 0 Å². The normalized spacial score (nSPS) is 18.5. The number of benzene rings is 1. The van der Waals surface area contributed by atoms with E-state index in [1.54, 1.807) is 0 Å². The molecule has 0 saturated carbocycles. The smallest absolute Gasteiger partial charge is 0.224 e. The number of rotatable bonds is 6. The van der Waals surface area contributed by atoms with Gasteiger partial charge >= 0.3 is 0 Å².